The van der Waals surface area contributed by atoms with Crippen molar-refractivity contribution >= 4 is 8.32 Å². The fourth-order valence-corrected chi connectivity index (χ4v) is 5.70. The van der Waals surface area contributed by atoms with Gasteiger partial charge in [-0.2, -0.15) is 0 Å². The van der Waals surface area contributed by atoms with E-state index in [-0.39, 0.29) is 5.04 Å². The molecular weight excluding hydrogens is 556 g/mol. The number of hydrogen-bond donors (Lipinski definition) is 0. The van der Waals surface area contributed by atoms with Crippen LogP contribution in [0.4, 0.5) is 0 Å². The standard InChI is InChI=1S/C36H48O6Si/c1-7-23-37-35-34(40-26-30-21-15-10-16-22-30)33(39-25-29-19-13-9-14-20-29)32(38-24-28-17-11-8-12-18-28)31(42-35)27-41-43(5,6)36(2,3)4/h7-22,31-35H,1,23-27H2,2-6H3/t31-,32-,33+,34-,35+/m1/s1. The third-order valence-corrected chi connectivity index (χ3v) is 12.7. The summed E-state index contributed by atoms with van der Waals surface area (Å²) in [7, 11) is -2.09. The lowest BCUT2D eigenvalue weighted by Gasteiger charge is -2.47. The van der Waals surface area contributed by atoms with Gasteiger partial charge in [0.05, 0.1) is 33.0 Å². The molecule has 3 aromatic carbocycles. The van der Waals surface area contributed by atoms with Crippen molar-refractivity contribution in [2.24, 2.45) is 0 Å². The number of rotatable bonds is 15. The van der Waals surface area contributed by atoms with Crippen molar-refractivity contribution in [1.29, 1.82) is 0 Å². The predicted molar refractivity (Wildman–Crippen MR) is 173 cm³/mol. The van der Waals surface area contributed by atoms with Crippen LogP contribution in [-0.4, -0.2) is 52.2 Å². The van der Waals surface area contributed by atoms with Crippen LogP contribution in [-0.2, 0) is 47.9 Å². The molecule has 1 saturated heterocycles. The first-order valence-corrected chi connectivity index (χ1v) is 18.1. The van der Waals surface area contributed by atoms with E-state index in [1.807, 2.05) is 66.7 Å². The molecule has 3 aromatic rings. The minimum Gasteiger partial charge on any atom is -0.414 e. The Morgan fingerprint density at radius 2 is 1.12 bits per heavy atom. The average molecular weight is 605 g/mol. The first kappa shape index (κ1) is 33.3. The first-order chi connectivity index (χ1) is 20.7. The summed E-state index contributed by atoms with van der Waals surface area (Å²) < 4.78 is 39.6. The molecule has 1 heterocycles. The summed E-state index contributed by atoms with van der Waals surface area (Å²) in [5.41, 5.74) is 3.19. The Bertz CT molecular complexity index is 1210. The molecule has 7 heteroatoms. The van der Waals surface area contributed by atoms with Crippen LogP contribution < -0.4 is 0 Å². The number of benzene rings is 3. The summed E-state index contributed by atoms with van der Waals surface area (Å²) >= 11 is 0. The molecule has 6 nitrogen and oxygen atoms in total. The molecular formula is C36H48O6Si. The van der Waals surface area contributed by atoms with E-state index in [1.54, 1.807) is 6.08 Å². The van der Waals surface area contributed by atoms with Crippen LogP contribution in [0.15, 0.2) is 104 Å². The fourth-order valence-electron chi connectivity index (χ4n) is 4.68. The summed E-state index contributed by atoms with van der Waals surface area (Å²) in [5, 5.41) is 0.0470. The summed E-state index contributed by atoms with van der Waals surface area (Å²) in [6.45, 7) is 16.9. The lowest BCUT2D eigenvalue weighted by Crippen LogP contribution is -2.62. The Morgan fingerprint density at radius 3 is 1.56 bits per heavy atom. The maximum absolute atomic E-state index is 6.73. The fraction of sp³-hybridized carbons (Fsp3) is 0.444. The second-order valence-electron chi connectivity index (χ2n) is 12.5. The highest BCUT2D eigenvalue weighted by molar-refractivity contribution is 6.74. The zero-order valence-corrected chi connectivity index (χ0v) is 27.3. The second kappa shape index (κ2) is 15.9. The minimum absolute atomic E-state index is 0.0470. The van der Waals surface area contributed by atoms with Crippen molar-refractivity contribution in [3.05, 3.63) is 120 Å². The van der Waals surface area contributed by atoms with Gasteiger partial charge in [0.25, 0.3) is 0 Å². The van der Waals surface area contributed by atoms with Crippen LogP contribution in [0.1, 0.15) is 37.5 Å². The van der Waals surface area contributed by atoms with Crippen molar-refractivity contribution in [1.82, 2.24) is 0 Å². The van der Waals surface area contributed by atoms with Crippen LogP contribution in [0.5, 0.6) is 0 Å². The van der Waals surface area contributed by atoms with Gasteiger partial charge in [0.1, 0.15) is 24.4 Å². The molecule has 1 aliphatic rings. The van der Waals surface area contributed by atoms with Gasteiger partial charge < -0.3 is 28.1 Å². The van der Waals surface area contributed by atoms with Gasteiger partial charge in [-0.3, -0.25) is 0 Å². The van der Waals surface area contributed by atoms with E-state index in [2.05, 4.69) is 64.7 Å². The Balaban J connectivity index is 1.66. The Hall–Kier alpha value is -2.62. The number of hydrogen-bond acceptors (Lipinski definition) is 6. The Morgan fingerprint density at radius 1 is 0.674 bits per heavy atom. The van der Waals surface area contributed by atoms with E-state index in [4.69, 9.17) is 28.1 Å². The van der Waals surface area contributed by atoms with Crippen LogP contribution in [0.2, 0.25) is 18.1 Å². The van der Waals surface area contributed by atoms with E-state index in [1.165, 1.54) is 0 Å². The highest BCUT2D eigenvalue weighted by Gasteiger charge is 2.50. The highest BCUT2D eigenvalue weighted by atomic mass is 28.4. The Kier molecular flexibility index (Phi) is 12.3. The molecule has 1 aliphatic heterocycles. The molecule has 4 rings (SSSR count). The van der Waals surface area contributed by atoms with Crippen LogP contribution >= 0.6 is 0 Å². The lowest BCUT2D eigenvalue weighted by atomic mass is 9.98. The third-order valence-electron chi connectivity index (χ3n) is 8.24. The average Bonchev–Trinajstić information content (AvgIpc) is 3.01. The molecule has 0 unspecified atom stereocenters. The van der Waals surface area contributed by atoms with E-state index < -0.39 is 39.0 Å². The maximum atomic E-state index is 6.73. The van der Waals surface area contributed by atoms with Gasteiger partial charge in [-0.15, -0.1) is 6.58 Å². The largest absolute Gasteiger partial charge is 0.414 e. The lowest BCUT2D eigenvalue weighted by molar-refractivity contribution is -0.324. The van der Waals surface area contributed by atoms with Gasteiger partial charge in [0.2, 0.25) is 0 Å². The summed E-state index contributed by atoms with van der Waals surface area (Å²) in [4.78, 5) is 0. The molecule has 0 N–H and O–H groups in total. The van der Waals surface area contributed by atoms with E-state index in [0.29, 0.717) is 33.0 Å². The normalized spacial score (nSPS) is 22.8. The van der Waals surface area contributed by atoms with Gasteiger partial charge in [-0.05, 0) is 34.8 Å². The molecule has 1 fully saturated rings. The van der Waals surface area contributed by atoms with Crippen molar-refractivity contribution < 1.29 is 28.1 Å². The summed E-state index contributed by atoms with van der Waals surface area (Å²) in [5.74, 6) is 0. The molecule has 0 aliphatic carbocycles. The van der Waals surface area contributed by atoms with E-state index in [9.17, 15) is 0 Å². The first-order valence-electron chi connectivity index (χ1n) is 15.2. The molecule has 232 valence electrons. The highest BCUT2D eigenvalue weighted by Crippen LogP contribution is 2.38. The molecule has 0 saturated carbocycles. The smallest absolute Gasteiger partial charge is 0.192 e. The molecule has 5 atom stereocenters. The molecule has 0 spiro atoms. The van der Waals surface area contributed by atoms with Crippen LogP contribution in [0.25, 0.3) is 0 Å². The van der Waals surface area contributed by atoms with Crippen LogP contribution in [0.3, 0.4) is 0 Å². The van der Waals surface area contributed by atoms with Crippen molar-refractivity contribution in [2.75, 3.05) is 13.2 Å². The maximum Gasteiger partial charge on any atom is 0.192 e. The summed E-state index contributed by atoms with van der Waals surface area (Å²) in [6, 6.07) is 30.4. The Labute approximate surface area is 259 Å². The van der Waals surface area contributed by atoms with Gasteiger partial charge in [-0.1, -0.05) is 118 Å². The van der Waals surface area contributed by atoms with Crippen molar-refractivity contribution in [3.8, 4) is 0 Å². The van der Waals surface area contributed by atoms with E-state index >= 15 is 0 Å². The van der Waals surface area contributed by atoms with Gasteiger partial charge >= 0.3 is 0 Å². The van der Waals surface area contributed by atoms with Gasteiger partial charge in [0.15, 0.2) is 14.6 Å². The monoisotopic (exact) mass is 604 g/mol. The van der Waals surface area contributed by atoms with E-state index in [0.717, 1.165) is 16.7 Å². The van der Waals surface area contributed by atoms with Crippen LogP contribution in [0, 0.1) is 0 Å². The zero-order chi connectivity index (χ0) is 30.7. The third kappa shape index (κ3) is 9.68. The van der Waals surface area contributed by atoms with Gasteiger partial charge in [0, 0.05) is 0 Å². The SMILES string of the molecule is C=CCO[C@H]1O[C@H](CO[Si](C)(C)C(C)(C)C)[C@@H](OCc2ccccc2)[C@H](OCc2ccccc2)[C@H]1OCc1ccccc1. The van der Waals surface area contributed by atoms with Crippen molar-refractivity contribution in [2.45, 2.75) is 89.4 Å². The molecule has 0 aromatic heterocycles. The minimum atomic E-state index is -2.09. The molecule has 0 amide bonds. The molecule has 0 bridgehead atoms. The topological polar surface area (TPSA) is 55.4 Å². The summed E-state index contributed by atoms with van der Waals surface area (Å²) in [6.07, 6.45) is -0.954. The molecule has 0 radical (unpaired) electrons. The van der Waals surface area contributed by atoms with Crippen molar-refractivity contribution in [3.63, 3.8) is 0 Å². The quantitative estimate of drug-likeness (QED) is 0.131. The predicted octanol–water partition coefficient (Wildman–Crippen LogP) is 7.69. The zero-order valence-electron chi connectivity index (χ0n) is 26.3. The number of ether oxygens (including phenoxy) is 5. The second-order valence-corrected chi connectivity index (χ2v) is 17.3. The van der Waals surface area contributed by atoms with Gasteiger partial charge in [-0.25, -0.2) is 0 Å². The molecule has 43 heavy (non-hydrogen) atoms.